The topological polar surface area (TPSA) is 49.8 Å². The molecule has 4 nitrogen and oxygen atoms in total. The van der Waals surface area contributed by atoms with Gasteiger partial charge in [0.2, 0.25) is 0 Å². The van der Waals surface area contributed by atoms with Crippen molar-refractivity contribution >= 4 is 22.4 Å². The number of halogens is 1. The fourth-order valence-corrected chi connectivity index (χ4v) is 4.07. The van der Waals surface area contributed by atoms with Gasteiger partial charge in [-0.25, -0.2) is 0 Å². The second-order valence-corrected chi connectivity index (χ2v) is 9.05. The maximum Gasteiger partial charge on any atom is 0.138 e. The van der Waals surface area contributed by atoms with Crippen molar-refractivity contribution in [2.75, 3.05) is 32.0 Å². The van der Waals surface area contributed by atoms with Gasteiger partial charge in [0, 0.05) is 36.2 Å². The summed E-state index contributed by atoms with van der Waals surface area (Å²) in [6, 6.07) is 5.57. The van der Waals surface area contributed by atoms with Crippen molar-refractivity contribution in [1.29, 1.82) is 0 Å². The molecule has 0 bridgehead atoms. The van der Waals surface area contributed by atoms with E-state index in [1.807, 2.05) is 32.9 Å². The van der Waals surface area contributed by atoms with Crippen molar-refractivity contribution in [3.63, 3.8) is 0 Å². The van der Waals surface area contributed by atoms with Crippen LogP contribution in [0.3, 0.4) is 0 Å². The van der Waals surface area contributed by atoms with E-state index in [1.54, 1.807) is 6.07 Å². The Morgan fingerprint density at radius 1 is 1.50 bits per heavy atom. The first kappa shape index (κ1) is 17.7. The first-order chi connectivity index (χ1) is 10.3. The van der Waals surface area contributed by atoms with Gasteiger partial charge in [0.1, 0.15) is 18.5 Å². The number of aliphatic hydroxyl groups is 1. The van der Waals surface area contributed by atoms with Crippen LogP contribution in [-0.4, -0.2) is 57.1 Å². The molecule has 1 aliphatic rings. The van der Waals surface area contributed by atoms with Gasteiger partial charge in [-0.15, -0.1) is 0 Å². The fraction of sp³-hybridized carbons (Fsp3) is 0.625. The van der Waals surface area contributed by atoms with E-state index >= 15 is 0 Å². The highest BCUT2D eigenvalue weighted by atomic mass is 35.5. The summed E-state index contributed by atoms with van der Waals surface area (Å²) in [7, 11) is -0.797. The Kier molecular flexibility index (Phi) is 5.88. The number of nitrogens with zero attached hydrogens (tertiary/aromatic N) is 1. The predicted molar refractivity (Wildman–Crippen MR) is 91.2 cm³/mol. The largest absolute Gasteiger partial charge is 0.489 e. The van der Waals surface area contributed by atoms with E-state index in [0.717, 1.165) is 18.7 Å². The summed E-state index contributed by atoms with van der Waals surface area (Å²) in [5.41, 5.74) is 1.06. The van der Waals surface area contributed by atoms with Gasteiger partial charge in [-0.3, -0.25) is 9.11 Å². The quantitative estimate of drug-likeness (QED) is 0.889. The van der Waals surface area contributed by atoms with Crippen LogP contribution in [0, 0.1) is 6.92 Å². The average Bonchev–Trinajstić information content (AvgIpc) is 2.43. The molecule has 1 aromatic carbocycles. The monoisotopic (exact) mass is 345 g/mol. The number of rotatable bonds is 5. The summed E-state index contributed by atoms with van der Waals surface area (Å²) in [4.78, 5) is 2.15. The fourth-order valence-electron chi connectivity index (χ4n) is 2.59. The predicted octanol–water partition coefficient (Wildman–Crippen LogP) is 2.23. The van der Waals surface area contributed by atoms with Crippen molar-refractivity contribution in [2.45, 2.75) is 31.6 Å². The van der Waals surface area contributed by atoms with Gasteiger partial charge in [0.15, 0.2) is 0 Å². The van der Waals surface area contributed by atoms with E-state index in [2.05, 4.69) is 4.90 Å². The van der Waals surface area contributed by atoms with Crippen LogP contribution in [0.2, 0.25) is 5.02 Å². The third kappa shape index (κ3) is 4.69. The lowest BCUT2D eigenvalue weighted by Gasteiger charge is -2.38. The summed E-state index contributed by atoms with van der Waals surface area (Å²) in [5, 5.41) is 10.7. The molecule has 0 aliphatic carbocycles. The standard InChI is InChI=1S/C16H24ClNO3S/c1-12-4-5-14(17)15(8-12)21-10-13(19)9-18-6-7-22(20)16(2,3)11-18/h4-5,8,13,19H,6-7,9-11H2,1-3H3/t13-,22-/m1/s1. The second-order valence-electron chi connectivity index (χ2n) is 6.44. The zero-order chi connectivity index (χ0) is 16.3. The Morgan fingerprint density at radius 2 is 2.23 bits per heavy atom. The molecule has 1 N–H and O–H groups in total. The minimum absolute atomic E-state index is 0.198. The number of β-amino-alcohol motifs (C(OH)–C–C–N with tert-alkyl or cyclic N) is 1. The number of hydrogen-bond donors (Lipinski definition) is 1. The van der Waals surface area contributed by atoms with Gasteiger partial charge >= 0.3 is 0 Å². The number of ether oxygens (including phenoxy) is 1. The zero-order valence-electron chi connectivity index (χ0n) is 13.3. The van der Waals surface area contributed by atoms with Gasteiger partial charge in [0.05, 0.1) is 9.77 Å². The van der Waals surface area contributed by atoms with Crippen LogP contribution in [0.4, 0.5) is 0 Å². The maximum absolute atomic E-state index is 11.9. The first-order valence-electron chi connectivity index (χ1n) is 7.46. The van der Waals surface area contributed by atoms with Gasteiger partial charge in [-0.2, -0.15) is 0 Å². The van der Waals surface area contributed by atoms with E-state index < -0.39 is 16.9 Å². The molecule has 1 aliphatic heterocycles. The summed E-state index contributed by atoms with van der Waals surface area (Å²) in [6.45, 7) is 8.17. The molecule has 1 aromatic rings. The van der Waals surface area contributed by atoms with E-state index in [1.165, 1.54) is 0 Å². The van der Waals surface area contributed by atoms with Crippen LogP contribution in [-0.2, 0) is 10.8 Å². The Hall–Kier alpha value is -0.620. The summed E-state index contributed by atoms with van der Waals surface area (Å²) < 4.78 is 17.3. The molecule has 2 rings (SSSR count). The van der Waals surface area contributed by atoms with Gasteiger partial charge in [0.25, 0.3) is 0 Å². The molecule has 0 unspecified atom stereocenters. The molecule has 1 heterocycles. The van der Waals surface area contributed by atoms with Gasteiger partial charge in [-0.1, -0.05) is 17.7 Å². The third-order valence-corrected chi connectivity index (χ3v) is 6.03. The highest BCUT2D eigenvalue weighted by Gasteiger charge is 2.33. The van der Waals surface area contributed by atoms with Crippen LogP contribution < -0.4 is 4.74 Å². The molecule has 6 heteroatoms. The minimum atomic E-state index is -0.797. The average molecular weight is 346 g/mol. The molecule has 0 spiro atoms. The molecule has 1 saturated heterocycles. The van der Waals surface area contributed by atoms with Crippen LogP contribution in [0.1, 0.15) is 19.4 Å². The van der Waals surface area contributed by atoms with Crippen molar-refractivity contribution in [3.8, 4) is 5.75 Å². The Labute approximate surface area is 139 Å². The lowest BCUT2D eigenvalue weighted by Crippen LogP contribution is -2.52. The lowest BCUT2D eigenvalue weighted by atomic mass is 10.1. The van der Waals surface area contributed by atoms with E-state index in [-0.39, 0.29) is 11.4 Å². The summed E-state index contributed by atoms with van der Waals surface area (Å²) in [6.07, 6.45) is -0.598. The van der Waals surface area contributed by atoms with Crippen LogP contribution in [0.25, 0.3) is 0 Å². The van der Waals surface area contributed by atoms with Crippen molar-refractivity contribution in [1.82, 2.24) is 4.90 Å². The molecule has 0 saturated carbocycles. The Bertz CT molecular complexity index is 550. The second kappa shape index (κ2) is 7.30. The maximum atomic E-state index is 11.9. The van der Waals surface area contributed by atoms with Crippen LogP contribution in [0.15, 0.2) is 18.2 Å². The van der Waals surface area contributed by atoms with Gasteiger partial charge in [-0.05, 0) is 38.5 Å². The molecule has 124 valence electrons. The molecule has 22 heavy (non-hydrogen) atoms. The normalized spacial score (nSPS) is 23.2. The van der Waals surface area contributed by atoms with Gasteiger partial charge < -0.3 is 9.84 Å². The molecular weight excluding hydrogens is 322 g/mol. The molecular formula is C16H24ClNO3S. The number of aliphatic hydroxyl groups excluding tert-OH is 1. The molecule has 0 aromatic heterocycles. The highest BCUT2D eigenvalue weighted by Crippen LogP contribution is 2.25. The summed E-state index contributed by atoms with van der Waals surface area (Å²) in [5.74, 6) is 1.25. The number of aryl methyl sites for hydroxylation is 1. The first-order valence-corrected chi connectivity index (χ1v) is 9.15. The van der Waals surface area contributed by atoms with E-state index in [4.69, 9.17) is 16.3 Å². The van der Waals surface area contributed by atoms with Crippen molar-refractivity contribution < 1.29 is 14.1 Å². The SMILES string of the molecule is Cc1ccc(Cl)c(OC[C@H](O)CN2CC[S@@](=O)C(C)(C)C2)c1. The Morgan fingerprint density at radius 3 is 2.91 bits per heavy atom. The smallest absolute Gasteiger partial charge is 0.138 e. The summed E-state index contributed by atoms with van der Waals surface area (Å²) >= 11 is 6.07. The number of benzene rings is 1. The third-order valence-electron chi connectivity index (χ3n) is 3.80. The van der Waals surface area contributed by atoms with Crippen molar-refractivity contribution in [3.05, 3.63) is 28.8 Å². The lowest BCUT2D eigenvalue weighted by molar-refractivity contribution is 0.0662. The Balaban J connectivity index is 1.84. The van der Waals surface area contributed by atoms with Crippen molar-refractivity contribution in [2.24, 2.45) is 0 Å². The molecule has 0 radical (unpaired) electrons. The molecule has 2 atom stereocenters. The van der Waals surface area contributed by atoms with E-state index in [0.29, 0.717) is 23.1 Å². The van der Waals surface area contributed by atoms with Crippen LogP contribution >= 0.6 is 11.6 Å². The van der Waals surface area contributed by atoms with E-state index in [9.17, 15) is 9.32 Å². The molecule has 0 amide bonds. The minimum Gasteiger partial charge on any atom is -0.489 e. The molecule has 1 fully saturated rings. The highest BCUT2D eigenvalue weighted by molar-refractivity contribution is 7.86. The number of hydrogen-bond acceptors (Lipinski definition) is 4. The van der Waals surface area contributed by atoms with Crippen LogP contribution in [0.5, 0.6) is 5.75 Å². The zero-order valence-corrected chi connectivity index (χ0v) is 14.9.